The van der Waals surface area contributed by atoms with E-state index in [9.17, 15) is 9.59 Å². The lowest BCUT2D eigenvalue weighted by atomic mass is 9.87. The van der Waals surface area contributed by atoms with Crippen LogP contribution in [0.25, 0.3) is 0 Å². The number of aryl methyl sites for hydroxylation is 1. The van der Waals surface area contributed by atoms with Crippen molar-refractivity contribution in [2.24, 2.45) is 0 Å². The largest absolute Gasteiger partial charge is 0.482 e. The number of hydrogen-bond donors (Lipinski definition) is 2. The zero-order chi connectivity index (χ0) is 24.2. The van der Waals surface area contributed by atoms with Crippen molar-refractivity contribution in [3.63, 3.8) is 0 Å². The first-order valence-corrected chi connectivity index (χ1v) is 12.0. The second kappa shape index (κ2) is 10.5. The van der Waals surface area contributed by atoms with Gasteiger partial charge in [0.05, 0.1) is 4.47 Å². The van der Waals surface area contributed by atoms with Crippen LogP contribution in [0.4, 0.5) is 11.4 Å². The van der Waals surface area contributed by atoms with Crippen molar-refractivity contribution < 1.29 is 14.3 Å². The molecular formula is C26H26Br2N2O3. The molecule has 3 aromatic rings. The third-order valence-electron chi connectivity index (χ3n) is 4.98. The molecule has 2 N–H and O–H groups in total. The Bertz CT molecular complexity index is 1130. The van der Waals surface area contributed by atoms with Gasteiger partial charge < -0.3 is 15.4 Å². The predicted molar refractivity (Wildman–Crippen MR) is 140 cm³/mol. The summed E-state index contributed by atoms with van der Waals surface area (Å²) in [6, 6.07) is 18.4. The first-order chi connectivity index (χ1) is 15.5. The number of ether oxygens (including phenoxy) is 1. The molecule has 0 aromatic heterocycles. The molecule has 0 aliphatic heterocycles. The van der Waals surface area contributed by atoms with E-state index < -0.39 is 0 Å². The maximum absolute atomic E-state index is 12.5. The monoisotopic (exact) mass is 572 g/mol. The minimum absolute atomic E-state index is 0.0356. The lowest BCUT2D eigenvalue weighted by Gasteiger charge is -2.19. The van der Waals surface area contributed by atoms with Crippen molar-refractivity contribution in [1.29, 1.82) is 0 Å². The van der Waals surface area contributed by atoms with E-state index >= 15 is 0 Å². The zero-order valence-electron chi connectivity index (χ0n) is 19.0. The first-order valence-electron chi connectivity index (χ1n) is 10.4. The average molecular weight is 574 g/mol. The van der Waals surface area contributed by atoms with Crippen molar-refractivity contribution in [2.75, 3.05) is 17.2 Å². The van der Waals surface area contributed by atoms with Gasteiger partial charge in [0, 0.05) is 21.4 Å². The van der Waals surface area contributed by atoms with Gasteiger partial charge in [-0.3, -0.25) is 9.59 Å². The van der Waals surface area contributed by atoms with Crippen LogP contribution in [0.3, 0.4) is 0 Å². The number of amides is 2. The summed E-state index contributed by atoms with van der Waals surface area (Å²) in [5.41, 5.74) is 3.97. The number of benzene rings is 3. The highest BCUT2D eigenvalue weighted by Crippen LogP contribution is 2.32. The molecule has 5 nitrogen and oxygen atoms in total. The summed E-state index contributed by atoms with van der Waals surface area (Å²) in [4.78, 5) is 24.8. The molecule has 0 saturated heterocycles. The minimum Gasteiger partial charge on any atom is -0.482 e. The van der Waals surface area contributed by atoms with E-state index in [1.54, 1.807) is 24.3 Å². The molecule has 0 unspecified atom stereocenters. The van der Waals surface area contributed by atoms with E-state index in [1.807, 2.05) is 43.3 Å². The van der Waals surface area contributed by atoms with Crippen molar-refractivity contribution in [1.82, 2.24) is 0 Å². The molecule has 2 amide bonds. The fraction of sp³-hybridized carbons (Fsp3) is 0.231. The molecule has 0 bridgehead atoms. The molecule has 0 heterocycles. The van der Waals surface area contributed by atoms with Crippen molar-refractivity contribution in [3.8, 4) is 5.75 Å². The SMILES string of the molecule is Cc1cc(Br)cc(Br)c1OCC(=O)Nc1ccc(NC(=O)c2ccc(C(C)(C)C)cc2)cc1. The van der Waals surface area contributed by atoms with E-state index in [0.29, 0.717) is 22.7 Å². The number of halogens is 2. The molecule has 172 valence electrons. The summed E-state index contributed by atoms with van der Waals surface area (Å²) in [5.74, 6) is 0.165. The van der Waals surface area contributed by atoms with Gasteiger partial charge in [-0.2, -0.15) is 0 Å². The maximum Gasteiger partial charge on any atom is 0.262 e. The summed E-state index contributed by atoms with van der Waals surface area (Å²) in [5, 5.41) is 5.67. The van der Waals surface area contributed by atoms with Gasteiger partial charge in [-0.05, 0) is 87.9 Å². The zero-order valence-corrected chi connectivity index (χ0v) is 22.1. The molecule has 3 aromatic carbocycles. The molecule has 7 heteroatoms. The molecule has 0 saturated carbocycles. The predicted octanol–water partition coefficient (Wildman–Crippen LogP) is 7.09. The number of carbonyl (C=O) groups excluding carboxylic acids is 2. The summed E-state index contributed by atoms with van der Waals surface area (Å²) in [6.45, 7) is 8.19. The molecule has 0 aliphatic carbocycles. The second-order valence-corrected chi connectivity index (χ2v) is 10.5. The summed E-state index contributed by atoms with van der Waals surface area (Å²) in [7, 11) is 0. The average Bonchev–Trinajstić information content (AvgIpc) is 2.74. The van der Waals surface area contributed by atoms with Crippen LogP contribution in [0.15, 0.2) is 69.6 Å². The Balaban J connectivity index is 1.54. The van der Waals surface area contributed by atoms with Crippen molar-refractivity contribution >= 4 is 55.0 Å². The van der Waals surface area contributed by atoms with Gasteiger partial charge in [0.15, 0.2) is 6.61 Å². The maximum atomic E-state index is 12.5. The number of carbonyl (C=O) groups is 2. The quantitative estimate of drug-likeness (QED) is 0.331. The second-order valence-electron chi connectivity index (χ2n) is 8.73. The number of rotatable bonds is 6. The Morgan fingerprint density at radius 3 is 2.00 bits per heavy atom. The Labute approximate surface area is 211 Å². The van der Waals surface area contributed by atoms with Crippen LogP contribution in [0.5, 0.6) is 5.75 Å². The molecule has 0 radical (unpaired) electrons. The normalized spacial score (nSPS) is 11.1. The highest BCUT2D eigenvalue weighted by molar-refractivity contribution is 9.11. The fourth-order valence-corrected chi connectivity index (χ4v) is 4.72. The molecule has 0 fully saturated rings. The summed E-state index contributed by atoms with van der Waals surface area (Å²) in [6.07, 6.45) is 0. The van der Waals surface area contributed by atoms with Crippen LogP contribution in [0, 0.1) is 6.92 Å². The number of anilines is 2. The summed E-state index contributed by atoms with van der Waals surface area (Å²) < 4.78 is 7.38. The van der Waals surface area contributed by atoms with E-state index in [4.69, 9.17) is 4.74 Å². The van der Waals surface area contributed by atoms with E-state index in [0.717, 1.165) is 14.5 Å². The van der Waals surface area contributed by atoms with Crippen molar-refractivity contribution in [2.45, 2.75) is 33.1 Å². The first kappa shape index (κ1) is 25.0. The lowest BCUT2D eigenvalue weighted by molar-refractivity contribution is -0.118. The third kappa shape index (κ3) is 6.92. The number of hydrogen-bond acceptors (Lipinski definition) is 3. The van der Waals surface area contributed by atoms with Crippen molar-refractivity contribution in [3.05, 3.63) is 86.3 Å². The van der Waals surface area contributed by atoms with Gasteiger partial charge in [0.25, 0.3) is 11.8 Å². The topological polar surface area (TPSA) is 67.4 Å². The molecule has 3 rings (SSSR count). The Kier molecular flexibility index (Phi) is 7.97. The van der Waals surface area contributed by atoms with Gasteiger partial charge in [0.1, 0.15) is 5.75 Å². The standard InChI is InChI=1S/C26H26Br2N2O3/c1-16-13-19(27)14-22(28)24(16)33-15-23(31)29-20-9-11-21(12-10-20)30-25(32)17-5-7-18(8-6-17)26(2,3)4/h5-14H,15H2,1-4H3,(H,29,31)(H,30,32). The van der Waals surface area contributed by atoms with Gasteiger partial charge in [-0.1, -0.05) is 48.8 Å². The lowest BCUT2D eigenvalue weighted by Crippen LogP contribution is -2.20. The summed E-state index contributed by atoms with van der Waals surface area (Å²) >= 11 is 6.87. The molecule has 0 spiro atoms. The van der Waals surface area contributed by atoms with Crippen LogP contribution in [-0.2, 0) is 10.2 Å². The smallest absolute Gasteiger partial charge is 0.262 e. The van der Waals surface area contributed by atoms with Gasteiger partial charge in [-0.25, -0.2) is 0 Å². The third-order valence-corrected chi connectivity index (χ3v) is 6.03. The molecule has 0 aliphatic rings. The highest BCUT2D eigenvalue weighted by Gasteiger charge is 2.15. The molecule has 33 heavy (non-hydrogen) atoms. The van der Waals surface area contributed by atoms with E-state index in [-0.39, 0.29) is 23.8 Å². The molecular weight excluding hydrogens is 548 g/mol. The number of nitrogens with one attached hydrogen (secondary N) is 2. The van der Waals surface area contributed by atoms with E-state index in [1.165, 1.54) is 5.56 Å². The Morgan fingerprint density at radius 1 is 0.879 bits per heavy atom. The van der Waals surface area contributed by atoms with Gasteiger partial charge in [-0.15, -0.1) is 0 Å². The fourth-order valence-electron chi connectivity index (χ4n) is 3.17. The van der Waals surface area contributed by atoms with E-state index in [2.05, 4.69) is 63.3 Å². The van der Waals surface area contributed by atoms with Gasteiger partial charge >= 0.3 is 0 Å². The Hall–Kier alpha value is -2.64. The van der Waals surface area contributed by atoms with Gasteiger partial charge in [0.2, 0.25) is 0 Å². The van der Waals surface area contributed by atoms with Crippen LogP contribution in [-0.4, -0.2) is 18.4 Å². The van der Waals surface area contributed by atoms with Crippen LogP contribution >= 0.6 is 31.9 Å². The van der Waals surface area contributed by atoms with Crippen LogP contribution < -0.4 is 15.4 Å². The minimum atomic E-state index is -0.278. The molecule has 0 atom stereocenters. The van der Waals surface area contributed by atoms with Crippen LogP contribution in [0.1, 0.15) is 42.3 Å². The Morgan fingerprint density at radius 2 is 1.45 bits per heavy atom. The van der Waals surface area contributed by atoms with Crippen LogP contribution in [0.2, 0.25) is 0 Å². The highest BCUT2D eigenvalue weighted by atomic mass is 79.9.